The van der Waals surface area contributed by atoms with Crippen molar-refractivity contribution in [2.45, 2.75) is 32.9 Å². The van der Waals surface area contributed by atoms with Crippen LogP contribution < -0.4 is 10.1 Å². The largest absolute Gasteiger partial charge is 0.490 e. The topological polar surface area (TPSA) is 49.9 Å². The zero-order chi connectivity index (χ0) is 16.9. The van der Waals surface area contributed by atoms with Crippen molar-refractivity contribution in [2.24, 2.45) is 0 Å². The average molecular weight is 388 g/mol. The molecule has 0 saturated heterocycles. The highest BCUT2D eigenvalue weighted by Crippen LogP contribution is 2.26. The second kappa shape index (κ2) is 7.81. The first-order chi connectivity index (χ1) is 11.6. The summed E-state index contributed by atoms with van der Waals surface area (Å²) in [5.41, 5.74) is 3.34. The van der Waals surface area contributed by atoms with Crippen molar-refractivity contribution < 1.29 is 4.74 Å². The van der Waals surface area contributed by atoms with Crippen LogP contribution in [0.1, 0.15) is 25.2 Å². The van der Waals surface area contributed by atoms with Crippen molar-refractivity contribution in [1.29, 1.82) is 0 Å². The normalized spacial score (nSPS) is 11.3. The van der Waals surface area contributed by atoms with Crippen LogP contribution in [0.2, 0.25) is 0 Å². The Balaban J connectivity index is 1.50. The number of hydrogen-bond acceptors (Lipinski definition) is 3. The Morgan fingerprint density at radius 2 is 2.04 bits per heavy atom. The van der Waals surface area contributed by atoms with Crippen LogP contribution in [0.5, 0.6) is 5.75 Å². The van der Waals surface area contributed by atoms with Crippen LogP contribution in [-0.4, -0.2) is 22.6 Å². The van der Waals surface area contributed by atoms with Crippen LogP contribution in [0.4, 0.5) is 0 Å². The predicted molar refractivity (Wildman–Crippen MR) is 101 cm³/mol. The van der Waals surface area contributed by atoms with Gasteiger partial charge in [-0.1, -0.05) is 18.2 Å². The van der Waals surface area contributed by atoms with E-state index in [1.807, 2.05) is 38.1 Å². The highest BCUT2D eigenvalue weighted by atomic mass is 79.9. The first kappa shape index (κ1) is 17.0. The van der Waals surface area contributed by atoms with Crippen molar-refractivity contribution in [3.05, 3.63) is 58.3 Å². The summed E-state index contributed by atoms with van der Waals surface area (Å²) in [4.78, 5) is 7.94. The lowest BCUT2D eigenvalue weighted by atomic mass is 10.2. The molecule has 3 rings (SSSR count). The summed E-state index contributed by atoms with van der Waals surface area (Å²) in [7, 11) is 0. The van der Waals surface area contributed by atoms with Crippen LogP contribution in [-0.2, 0) is 13.0 Å². The van der Waals surface area contributed by atoms with E-state index >= 15 is 0 Å². The molecule has 4 nitrogen and oxygen atoms in total. The van der Waals surface area contributed by atoms with Gasteiger partial charge in [-0.2, -0.15) is 0 Å². The van der Waals surface area contributed by atoms with Crippen molar-refractivity contribution in [1.82, 2.24) is 15.3 Å². The molecule has 0 unspecified atom stereocenters. The monoisotopic (exact) mass is 387 g/mol. The van der Waals surface area contributed by atoms with Gasteiger partial charge >= 0.3 is 0 Å². The molecular formula is C19H22BrN3O. The summed E-state index contributed by atoms with van der Waals surface area (Å²) in [6.45, 7) is 5.75. The molecule has 2 N–H and O–H groups in total. The fourth-order valence-electron chi connectivity index (χ4n) is 2.57. The lowest BCUT2D eigenvalue weighted by Gasteiger charge is -2.12. The molecule has 5 heteroatoms. The Morgan fingerprint density at radius 3 is 2.79 bits per heavy atom. The van der Waals surface area contributed by atoms with Crippen molar-refractivity contribution in [3.63, 3.8) is 0 Å². The van der Waals surface area contributed by atoms with Gasteiger partial charge in [-0.3, -0.25) is 0 Å². The van der Waals surface area contributed by atoms with E-state index in [1.165, 1.54) is 5.56 Å². The molecule has 0 aliphatic carbocycles. The molecular weight excluding hydrogens is 366 g/mol. The van der Waals surface area contributed by atoms with Crippen molar-refractivity contribution in [2.75, 3.05) is 6.54 Å². The Kier molecular flexibility index (Phi) is 5.53. The third-order valence-electron chi connectivity index (χ3n) is 3.67. The Bertz CT molecular complexity index is 780. The number of aromatic nitrogens is 2. The fraction of sp³-hybridized carbons (Fsp3) is 0.316. The van der Waals surface area contributed by atoms with Gasteiger partial charge in [0.25, 0.3) is 0 Å². The number of aromatic amines is 1. The number of H-pyrrole nitrogens is 1. The summed E-state index contributed by atoms with van der Waals surface area (Å²) in [5, 5.41) is 3.46. The molecule has 2 aromatic carbocycles. The number of fused-ring (bicyclic) bond motifs is 1. The van der Waals surface area contributed by atoms with Crippen LogP contribution in [0.3, 0.4) is 0 Å². The lowest BCUT2D eigenvalue weighted by molar-refractivity contribution is 0.241. The zero-order valence-corrected chi connectivity index (χ0v) is 15.6. The molecule has 3 aromatic rings. The van der Waals surface area contributed by atoms with Gasteiger partial charge in [-0.05, 0) is 59.6 Å². The Hall–Kier alpha value is -1.85. The minimum atomic E-state index is 0.175. The number of rotatable bonds is 7. The maximum absolute atomic E-state index is 5.73. The number of benzene rings is 2. The van der Waals surface area contributed by atoms with Gasteiger partial charge in [0.15, 0.2) is 0 Å². The van der Waals surface area contributed by atoms with Gasteiger partial charge in [0.1, 0.15) is 11.6 Å². The molecule has 0 atom stereocenters. The zero-order valence-electron chi connectivity index (χ0n) is 14.0. The first-order valence-corrected chi connectivity index (χ1v) is 9.00. The lowest BCUT2D eigenvalue weighted by Crippen LogP contribution is -2.17. The van der Waals surface area contributed by atoms with Crippen LogP contribution in [0.15, 0.2) is 46.9 Å². The average Bonchev–Trinajstić information content (AvgIpc) is 2.96. The number of nitrogens with zero attached hydrogens (tertiary/aromatic N) is 1. The molecule has 0 aliphatic rings. The molecule has 24 heavy (non-hydrogen) atoms. The summed E-state index contributed by atoms with van der Waals surface area (Å²) in [5.74, 6) is 1.90. The van der Waals surface area contributed by atoms with E-state index in [9.17, 15) is 0 Å². The third kappa shape index (κ3) is 4.36. The summed E-state index contributed by atoms with van der Waals surface area (Å²) < 4.78 is 6.73. The maximum Gasteiger partial charge on any atom is 0.133 e. The number of ether oxygens (including phenoxy) is 1. The van der Waals surface area contributed by atoms with Gasteiger partial charge in [-0.25, -0.2) is 4.98 Å². The summed E-state index contributed by atoms with van der Waals surface area (Å²) in [6.07, 6.45) is 1.05. The maximum atomic E-state index is 5.73. The van der Waals surface area contributed by atoms with E-state index in [-0.39, 0.29) is 6.10 Å². The van der Waals surface area contributed by atoms with E-state index in [2.05, 4.69) is 49.4 Å². The van der Waals surface area contributed by atoms with Crippen molar-refractivity contribution in [3.8, 4) is 5.75 Å². The Morgan fingerprint density at radius 1 is 1.21 bits per heavy atom. The molecule has 0 saturated carbocycles. The molecule has 0 radical (unpaired) electrons. The second-order valence-electron chi connectivity index (χ2n) is 6.06. The molecule has 1 aromatic heterocycles. The molecule has 0 bridgehead atoms. The molecule has 126 valence electrons. The van der Waals surface area contributed by atoms with E-state index < -0.39 is 0 Å². The minimum absolute atomic E-state index is 0.175. The van der Waals surface area contributed by atoms with Gasteiger partial charge < -0.3 is 15.0 Å². The highest BCUT2D eigenvalue weighted by molar-refractivity contribution is 9.10. The molecule has 0 fully saturated rings. The van der Waals surface area contributed by atoms with Crippen LogP contribution >= 0.6 is 15.9 Å². The quantitative estimate of drug-likeness (QED) is 0.588. The van der Waals surface area contributed by atoms with Crippen LogP contribution in [0.25, 0.3) is 11.0 Å². The van der Waals surface area contributed by atoms with Gasteiger partial charge in [0, 0.05) is 19.5 Å². The first-order valence-electron chi connectivity index (χ1n) is 8.21. The van der Waals surface area contributed by atoms with Crippen LogP contribution in [0, 0.1) is 0 Å². The highest BCUT2D eigenvalue weighted by Gasteiger charge is 2.05. The number of para-hydroxylation sites is 2. The van der Waals surface area contributed by atoms with Gasteiger partial charge in [0.2, 0.25) is 0 Å². The van der Waals surface area contributed by atoms with E-state index in [0.717, 1.165) is 46.6 Å². The predicted octanol–water partition coefficient (Wildman–Crippen LogP) is 4.44. The summed E-state index contributed by atoms with van der Waals surface area (Å²) in [6, 6.07) is 14.3. The van der Waals surface area contributed by atoms with Gasteiger partial charge in [0.05, 0.1) is 21.6 Å². The van der Waals surface area contributed by atoms with E-state index in [4.69, 9.17) is 4.74 Å². The van der Waals surface area contributed by atoms with Gasteiger partial charge in [-0.15, -0.1) is 0 Å². The molecule has 1 heterocycles. The number of nitrogens with one attached hydrogen (secondary N) is 2. The smallest absolute Gasteiger partial charge is 0.133 e. The SMILES string of the molecule is CC(C)Oc1ccc(CNCCc2nc3ccccc3[nH]2)cc1Br. The third-order valence-corrected chi connectivity index (χ3v) is 4.28. The minimum Gasteiger partial charge on any atom is -0.490 e. The van der Waals surface area contributed by atoms with Crippen molar-refractivity contribution >= 4 is 27.0 Å². The fourth-order valence-corrected chi connectivity index (χ4v) is 3.09. The molecule has 0 amide bonds. The second-order valence-corrected chi connectivity index (χ2v) is 6.91. The number of imidazole rings is 1. The standard InChI is InChI=1S/C19H22BrN3O/c1-13(2)24-18-8-7-14(11-15(18)20)12-21-10-9-19-22-16-5-3-4-6-17(16)23-19/h3-8,11,13,21H,9-10,12H2,1-2H3,(H,22,23). The molecule has 0 spiro atoms. The number of hydrogen-bond donors (Lipinski definition) is 2. The Labute approximate surface area is 150 Å². The van der Waals surface area contributed by atoms with E-state index in [0.29, 0.717) is 0 Å². The number of halogens is 1. The summed E-state index contributed by atoms with van der Waals surface area (Å²) >= 11 is 3.57. The van der Waals surface area contributed by atoms with E-state index in [1.54, 1.807) is 0 Å². The molecule has 0 aliphatic heterocycles.